The molecule has 4 atom stereocenters. The van der Waals surface area contributed by atoms with E-state index >= 15 is 0 Å². The molecule has 0 rings (SSSR count). The fourth-order valence-corrected chi connectivity index (χ4v) is 0.668. The normalized spacial score (nSPS) is 15.3. The third-order valence-electron chi connectivity index (χ3n) is 1.51. The molecule has 0 saturated carbocycles. The monoisotopic (exact) mass is 410 g/mol. The van der Waals surface area contributed by atoms with Crippen LogP contribution in [-0.2, 0) is 7.87 Å². The van der Waals surface area contributed by atoms with Gasteiger partial charge in [0.05, 0.1) is 6.61 Å². The Labute approximate surface area is 160 Å². The second-order valence-electron chi connectivity index (χ2n) is 2.76. The van der Waals surface area contributed by atoms with Gasteiger partial charge in [0.1, 0.15) is 18.3 Å². The van der Waals surface area contributed by atoms with E-state index in [9.17, 15) is 4.79 Å². The molecule has 0 aliphatic heterocycles. The minimum absolute atomic E-state index is 0. The average molecular weight is 409 g/mol. The molecule has 0 aromatic heterocycles. The molecule has 0 bridgehead atoms. The van der Waals surface area contributed by atoms with Gasteiger partial charge in [-0.25, -0.2) is 4.79 Å². The molecule has 0 spiro atoms. The van der Waals surface area contributed by atoms with E-state index in [-0.39, 0.29) is 59.1 Å². The molecule has 0 unspecified atom stereocenters. The first-order valence-corrected chi connectivity index (χ1v) is 7.58. The number of aliphatic hydroxyl groups is 5. The van der Waals surface area contributed by atoms with E-state index in [0.717, 1.165) is 0 Å². The van der Waals surface area contributed by atoms with Crippen molar-refractivity contribution in [1.82, 2.24) is 0 Å². The van der Waals surface area contributed by atoms with Crippen molar-refractivity contribution in [3.63, 3.8) is 0 Å². The van der Waals surface area contributed by atoms with Crippen LogP contribution in [0.1, 0.15) is 0 Å². The number of carboxylic acid groups (broad SMARTS) is 1. The van der Waals surface area contributed by atoms with Gasteiger partial charge in [-0.3, -0.25) is 0 Å². The van der Waals surface area contributed by atoms with Crippen molar-refractivity contribution >= 4 is 26.5 Å². The fraction of sp³-hybridized carbons (Fsp3) is 0.833. The summed E-state index contributed by atoms with van der Waals surface area (Å²) in [5.74, 6) is -1.73. The van der Waals surface area contributed by atoms with E-state index in [0.29, 0.717) is 0 Å². The molecule has 102 valence electrons. The number of rotatable bonds is 5. The molecule has 0 fully saturated rings. The van der Waals surface area contributed by atoms with Crippen LogP contribution in [0.25, 0.3) is 0 Å². The summed E-state index contributed by atoms with van der Waals surface area (Å²) in [5.41, 5.74) is 0. The van der Waals surface area contributed by atoms with E-state index in [4.69, 9.17) is 40.6 Å². The van der Waals surface area contributed by atoms with E-state index in [1.165, 1.54) is 0 Å². The van der Waals surface area contributed by atoms with Crippen molar-refractivity contribution in [3.8, 4) is 0 Å². The average Bonchev–Trinajstić information content (AvgIpc) is 2.23. The van der Waals surface area contributed by atoms with Crippen LogP contribution in [0.3, 0.4) is 0 Å². The molecule has 0 amide bonds. The van der Waals surface area contributed by atoms with E-state index in [1.54, 1.807) is 0 Å². The van der Waals surface area contributed by atoms with Crippen molar-refractivity contribution in [2.24, 2.45) is 0 Å². The first-order valence-electron chi connectivity index (χ1n) is 4.09. The Morgan fingerprint density at radius 1 is 1.05 bits per heavy atom. The van der Waals surface area contributed by atoms with E-state index in [1.807, 2.05) is 0 Å². The zero-order chi connectivity index (χ0) is 14.2. The van der Waals surface area contributed by atoms with Gasteiger partial charge in [0, 0.05) is 0 Å². The maximum atomic E-state index is 10.1. The Hall–Kier alpha value is 1.79. The summed E-state index contributed by atoms with van der Waals surface area (Å²) in [7, 11) is 0. The Bertz CT molecular complexity index is 250. The summed E-state index contributed by atoms with van der Waals surface area (Å²) in [6.45, 7) is -0.843. The summed E-state index contributed by atoms with van der Waals surface area (Å²) < 4.78 is 25.8. The Morgan fingerprint density at radius 2 is 1.37 bits per heavy atom. The number of hydrogen-bond acceptors (Lipinski definition) is 9. The third kappa shape index (κ3) is 16.0. The number of hydrogen-bond donors (Lipinski definition) is 6. The van der Waals surface area contributed by atoms with Crippen molar-refractivity contribution in [1.29, 1.82) is 0 Å². The molecule has 0 aromatic rings. The fourth-order valence-electron chi connectivity index (χ4n) is 0.668. The van der Waals surface area contributed by atoms with Gasteiger partial charge in [0.25, 0.3) is 0 Å². The van der Waals surface area contributed by atoms with Crippen LogP contribution in [0.2, 0.25) is 0 Å². The van der Waals surface area contributed by atoms with Crippen molar-refractivity contribution in [2.75, 3.05) is 6.61 Å². The molecule has 0 heterocycles. The SMILES string of the molecule is O=C(O)[C@H](O)[C@@H](O)[C@H](O)[C@H](O)CO.[Na+].[Na+].[O]=[Sn]([O-])[O-]. The summed E-state index contributed by atoms with van der Waals surface area (Å²) in [5, 5.41) is 51.8. The number of carbonyl (C=O) groups is 1. The van der Waals surface area contributed by atoms with Crippen LogP contribution in [0.4, 0.5) is 0 Å². The van der Waals surface area contributed by atoms with Crippen LogP contribution in [0.5, 0.6) is 0 Å². The van der Waals surface area contributed by atoms with Gasteiger partial charge in [-0.2, -0.15) is 0 Å². The van der Waals surface area contributed by atoms with Crippen molar-refractivity contribution in [2.45, 2.75) is 24.4 Å². The van der Waals surface area contributed by atoms with Gasteiger partial charge in [-0.15, -0.1) is 0 Å². The van der Waals surface area contributed by atoms with Crippen LogP contribution < -0.4 is 66.0 Å². The van der Waals surface area contributed by atoms with Crippen molar-refractivity contribution in [3.05, 3.63) is 0 Å². The first-order chi connectivity index (χ1) is 7.64. The molecular weight excluding hydrogens is 397 g/mol. The second-order valence-corrected chi connectivity index (χ2v) is 4.19. The van der Waals surface area contributed by atoms with Gasteiger partial charge in [0.2, 0.25) is 0 Å². The predicted octanol–water partition coefficient (Wildman–Crippen LogP) is -12.4. The topological polar surface area (TPSA) is 202 Å². The van der Waals surface area contributed by atoms with Gasteiger partial charge < -0.3 is 30.6 Å². The van der Waals surface area contributed by atoms with Crippen LogP contribution in [0, 0.1) is 0 Å². The molecule has 0 saturated heterocycles. The molecule has 10 nitrogen and oxygen atoms in total. The van der Waals surface area contributed by atoms with Gasteiger partial charge in [-0.05, 0) is 0 Å². The Balaban J connectivity index is -0.000000165. The third-order valence-corrected chi connectivity index (χ3v) is 1.51. The zero-order valence-corrected chi connectivity index (χ0v) is 17.2. The standard InChI is InChI=1S/C6H12O7.2Na.3O.Sn/c7-1-2(8)3(9)4(10)5(11)6(12)13;;;;;;/h2-5,7-11H,1H2,(H,12,13);;;;;;/q;2*+1;;2*-1;/t2-,3-,4+,5-;;;;;;/m1....../s1. The molecule has 0 aliphatic rings. The Morgan fingerprint density at radius 3 is 1.58 bits per heavy atom. The van der Waals surface area contributed by atoms with Gasteiger partial charge in [0.15, 0.2) is 6.10 Å². The van der Waals surface area contributed by atoms with E-state index < -0.39 is 57.6 Å². The number of aliphatic carboxylic acids is 1. The summed E-state index contributed by atoms with van der Waals surface area (Å²) in [4.78, 5) is 10.1. The summed E-state index contributed by atoms with van der Waals surface area (Å²) in [6, 6.07) is 0. The van der Waals surface area contributed by atoms with Crippen LogP contribution in [0.15, 0.2) is 0 Å². The first kappa shape index (κ1) is 28.9. The van der Waals surface area contributed by atoms with Gasteiger partial charge in [-0.1, -0.05) is 0 Å². The quantitative estimate of drug-likeness (QED) is 0.237. The van der Waals surface area contributed by atoms with Crippen LogP contribution >= 0.6 is 0 Å². The Kier molecular flexibility index (Phi) is 24.6. The predicted molar refractivity (Wildman–Crippen MR) is 45.2 cm³/mol. The zero-order valence-electron chi connectivity index (χ0n) is 10.3. The molecule has 13 heteroatoms. The number of aliphatic hydroxyl groups excluding tert-OH is 5. The molecule has 0 radical (unpaired) electrons. The summed E-state index contributed by atoms with van der Waals surface area (Å²) >= 11 is -4.29. The summed E-state index contributed by atoms with van der Waals surface area (Å²) in [6.07, 6.45) is -7.84. The maximum absolute atomic E-state index is 10.1. The molecule has 19 heavy (non-hydrogen) atoms. The number of carboxylic acids is 1. The van der Waals surface area contributed by atoms with Gasteiger partial charge >= 0.3 is 95.6 Å². The molecular formula is C6H12Na2O10Sn. The molecule has 6 N–H and O–H groups in total. The molecule has 0 aliphatic carbocycles. The van der Waals surface area contributed by atoms with E-state index in [2.05, 4.69) is 0 Å². The van der Waals surface area contributed by atoms with Crippen molar-refractivity contribution < 1.29 is 105 Å². The van der Waals surface area contributed by atoms with Crippen LogP contribution in [-0.4, -0.2) is 88.2 Å². The molecule has 0 aromatic carbocycles. The second kappa shape index (κ2) is 16.2. The minimum atomic E-state index is -4.29.